The highest BCUT2D eigenvalue weighted by Crippen LogP contribution is 2.18. The molecule has 2 aromatic rings. The minimum Gasteiger partial charge on any atom is -0.157 e. The standard InChI is InChI=1S/C10H7BrN2/c11-9-6-10(13-12-7-9)8-4-2-1-3-5-8/h1-7H. The highest BCUT2D eigenvalue weighted by atomic mass is 79.9. The van der Waals surface area contributed by atoms with E-state index in [1.54, 1.807) is 6.20 Å². The first-order valence-electron chi connectivity index (χ1n) is 3.90. The molecule has 0 aliphatic rings. The van der Waals surface area contributed by atoms with Crippen molar-refractivity contribution in [1.82, 2.24) is 10.2 Å². The molecule has 0 atom stereocenters. The SMILES string of the molecule is Brc1cnnc(-c2ccccc2)c1. The zero-order valence-electron chi connectivity index (χ0n) is 6.81. The first-order valence-corrected chi connectivity index (χ1v) is 4.69. The summed E-state index contributed by atoms with van der Waals surface area (Å²) in [5.41, 5.74) is 1.96. The summed E-state index contributed by atoms with van der Waals surface area (Å²) < 4.78 is 0.946. The van der Waals surface area contributed by atoms with Crippen LogP contribution < -0.4 is 0 Å². The maximum atomic E-state index is 4.03. The van der Waals surface area contributed by atoms with Crippen LogP contribution in [0.3, 0.4) is 0 Å². The van der Waals surface area contributed by atoms with Gasteiger partial charge in [-0.2, -0.15) is 10.2 Å². The van der Waals surface area contributed by atoms with E-state index in [0.29, 0.717) is 0 Å². The molecule has 0 unspecified atom stereocenters. The van der Waals surface area contributed by atoms with Gasteiger partial charge < -0.3 is 0 Å². The molecule has 1 aromatic heterocycles. The Morgan fingerprint density at radius 3 is 2.54 bits per heavy atom. The quantitative estimate of drug-likeness (QED) is 0.759. The molecule has 2 nitrogen and oxygen atoms in total. The van der Waals surface area contributed by atoms with Crippen LogP contribution in [-0.4, -0.2) is 10.2 Å². The van der Waals surface area contributed by atoms with Gasteiger partial charge >= 0.3 is 0 Å². The van der Waals surface area contributed by atoms with E-state index in [-0.39, 0.29) is 0 Å². The lowest BCUT2D eigenvalue weighted by Crippen LogP contribution is -1.85. The summed E-state index contributed by atoms with van der Waals surface area (Å²) in [5, 5.41) is 7.89. The van der Waals surface area contributed by atoms with Gasteiger partial charge in [-0.15, -0.1) is 0 Å². The van der Waals surface area contributed by atoms with Crippen molar-refractivity contribution in [3.63, 3.8) is 0 Å². The fourth-order valence-corrected chi connectivity index (χ4v) is 1.40. The van der Waals surface area contributed by atoms with Crippen LogP contribution in [0.15, 0.2) is 47.1 Å². The highest BCUT2D eigenvalue weighted by Gasteiger charge is 1.98. The van der Waals surface area contributed by atoms with E-state index >= 15 is 0 Å². The van der Waals surface area contributed by atoms with Crippen LogP contribution >= 0.6 is 15.9 Å². The molecule has 13 heavy (non-hydrogen) atoms. The van der Waals surface area contributed by atoms with Crippen LogP contribution in [0.1, 0.15) is 0 Å². The zero-order valence-corrected chi connectivity index (χ0v) is 8.40. The van der Waals surface area contributed by atoms with E-state index in [1.165, 1.54) is 0 Å². The molecule has 0 amide bonds. The number of halogens is 1. The summed E-state index contributed by atoms with van der Waals surface area (Å²) >= 11 is 3.36. The van der Waals surface area contributed by atoms with E-state index < -0.39 is 0 Å². The van der Waals surface area contributed by atoms with Crippen molar-refractivity contribution < 1.29 is 0 Å². The topological polar surface area (TPSA) is 25.8 Å². The fourth-order valence-electron chi connectivity index (χ4n) is 1.09. The van der Waals surface area contributed by atoms with Gasteiger partial charge in [0.15, 0.2) is 0 Å². The summed E-state index contributed by atoms with van der Waals surface area (Å²) in [6.45, 7) is 0. The van der Waals surface area contributed by atoms with Gasteiger partial charge in [0, 0.05) is 10.0 Å². The predicted molar refractivity (Wildman–Crippen MR) is 55.2 cm³/mol. The summed E-state index contributed by atoms with van der Waals surface area (Å²) in [4.78, 5) is 0. The lowest BCUT2D eigenvalue weighted by molar-refractivity contribution is 1.03. The minimum absolute atomic E-state index is 0.884. The summed E-state index contributed by atoms with van der Waals surface area (Å²) in [5.74, 6) is 0. The molecule has 1 aromatic carbocycles. The maximum Gasteiger partial charge on any atom is 0.0940 e. The van der Waals surface area contributed by atoms with Gasteiger partial charge in [-0.3, -0.25) is 0 Å². The van der Waals surface area contributed by atoms with Crippen molar-refractivity contribution >= 4 is 15.9 Å². The van der Waals surface area contributed by atoms with Gasteiger partial charge in [0.1, 0.15) is 0 Å². The van der Waals surface area contributed by atoms with Gasteiger partial charge in [0.05, 0.1) is 11.9 Å². The molecular formula is C10H7BrN2. The van der Waals surface area contributed by atoms with Crippen LogP contribution in [0.25, 0.3) is 11.3 Å². The molecule has 0 aliphatic heterocycles. The number of nitrogens with zero attached hydrogens (tertiary/aromatic N) is 2. The Kier molecular flexibility index (Phi) is 2.36. The molecule has 0 aliphatic carbocycles. The van der Waals surface area contributed by atoms with E-state index in [2.05, 4.69) is 26.1 Å². The number of benzene rings is 1. The average molecular weight is 235 g/mol. The lowest BCUT2D eigenvalue weighted by Gasteiger charge is -1.98. The third-order valence-corrected chi connectivity index (χ3v) is 2.12. The Morgan fingerprint density at radius 1 is 1.08 bits per heavy atom. The second-order valence-electron chi connectivity index (χ2n) is 2.63. The van der Waals surface area contributed by atoms with E-state index in [4.69, 9.17) is 0 Å². The van der Waals surface area contributed by atoms with Gasteiger partial charge in [-0.05, 0) is 22.0 Å². The molecule has 2 rings (SSSR count). The van der Waals surface area contributed by atoms with Crippen LogP contribution in [0, 0.1) is 0 Å². The molecule has 64 valence electrons. The van der Waals surface area contributed by atoms with Crippen LogP contribution in [0.5, 0.6) is 0 Å². The van der Waals surface area contributed by atoms with Crippen molar-refractivity contribution in [2.24, 2.45) is 0 Å². The molecule has 1 heterocycles. The van der Waals surface area contributed by atoms with Crippen molar-refractivity contribution in [3.8, 4) is 11.3 Å². The van der Waals surface area contributed by atoms with Crippen LogP contribution in [0.2, 0.25) is 0 Å². The Hall–Kier alpha value is -1.22. The van der Waals surface area contributed by atoms with Crippen molar-refractivity contribution in [2.75, 3.05) is 0 Å². The molecule has 0 N–H and O–H groups in total. The van der Waals surface area contributed by atoms with Crippen molar-refractivity contribution in [1.29, 1.82) is 0 Å². The molecule has 0 saturated carbocycles. The fraction of sp³-hybridized carbons (Fsp3) is 0. The minimum atomic E-state index is 0.884. The molecule has 0 bridgehead atoms. The summed E-state index contributed by atoms with van der Waals surface area (Å²) in [7, 11) is 0. The van der Waals surface area contributed by atoms with Crippen LogP contribution in [0.4, 0.5) is 0 Å². The van der Waals surface area contributed by atoms with Crippen molar-refractivity contribution in [2.45, 2.75) is 0 Å². The Balaban J connectivity index is 2.48. The van der Waals surface area contributed by atoms with E-state index in [0.717, 1.165) is 15.7 Å². The number of hydrogen-bond acceptors (Lipinski definition) is 2. The summed E-state index contributed by atoms with van der Waals surface area (Å²) in [6, 6.07) is 11.9. The Morgan fingerprint density at radius 2 is 1.85 bits per heavy atom. The molecule has 0 spiro atoms. The smallest absolute Gasteiger partial charge is 0.0940 e. The largest absolute Gasteiger partial charge is 0.157 e. The second-order valence-corrected chi connectivity index (χ2v) is 3.54. The van der Waals surface area contributed by atoms with E-state index in [1.807, 2.05) is 36.4 Å². The van der Waals surface area contributed by atoms with Gasteiger partial charge in [-0.25, -0.2) is 0 Å². The first-order chi connectivity index (χ1) is 6.36. The van der Waals surface area contributed by atoms with Crippen LogP contribution in [-0.2, 0) is 0 Å². The third-order valence-electron chi connectivity index (χ3n) is 1.69. The van der Waals surface area contributed by atoms with Gasteiger partial charge in [-0.1, -0.05) is 30.3 Å². The van der Waals surface area contributed by atoms with E-state index in [9.17, 15) is 0 Å². The number of aromatic nitrogens is 2. The molecular weight excluding hydrogens is 228 g/mol. The number of rotatable bonds is 1. The third kappa shape index (κ3) is 1.92. The molecule has 0 fully saturated rings. The Labute approximate surface area is 84.8 Å². The Bertz CT molecular complexity index is 401. The lowest BCUT2D eigenvalue weighted by atomic mass is 10.1. The van der Waals surface area contributed by atoms with Crippen molar-refractivity contribution in [3.05, 3.63) is 47.1 Å². The zero-order chi connectivity index (χ0) is 9.10. The molecule has 0 radical (unpaired) electrons. The number of hydrogen-bond donors (Lipinski definition) is 0. The molecule has 3 heteroatoms. The molecule has 0 saturated heterocycles. The first kappa shape index (κ1) is 8.38. The second kappa shape index (κ2) is 3.66. The van der Waals surface area contributed by atoms with Gasteiger partial charge in [0.2, 0.25) is 0 Å². The maximum absolute atomic E-state index is 4.03. The monoisotopic (exact) mass is 234 g/mol. The van der Waals surface area contributed by atoms with Gasteiger partial charge in [0.25, 0.3) is 0 Å². The highest BCUT2D eigenvalue weighted by molar-refractivity contribution is 9.10. The average Bonchev–Trinajstić information content (AvgIpc) is 2.19. The predicted octanol–water partition coefficient (Wildman–Crippen LogP) is 2.91. The summed E-state index contributed by atoms with van der Waals surface area (Å²) in [6.07, 6.45) is 1.67. The normalized spacial score (nSPS) is 9.92.